The number of carbonyl (C=O) groups is 2. The maximum absolute atomic E-state index is 10.8. The second-order valence-corrected chi connectivity index (χ2v) is 3.15. The van der Waals surface area contributed by atoms with Crippen LogP contribution in [0.4, 0.5) is 0 Å². The highest BCUT2D eigenvalue weighted by Gasteiger charge is 2.29. The number of thioether (sulfide) groups is 1. The molecule has 0 saturated heterocycles. The maximum Gasteiger partial charge on any atom is 0.153 e. The van der Waals surface area contributed by atoms with E-state index in [1.54, 1.807) is 0 Å². The molecule has 1 fully saturated rings. The van der Waals surface area contributed by atoms with Crippen LogP contribution >= 0.6 is 11.8 Å². The number of Topliss-reactive ketones (excluding diaryl/α,β-unsaturated/α-hetero) is 2. The van der Waals surface area contributed by atoms with E-state index in [9.17, 15) is 9.59 Å². The minimum Gasteiger partial charge on any atom is -0.299 e. The van der Waals surface area contributed by atoms with E-state index in [-0.39, 0.29) is 23.2 Å². The zero-order valence-corrected chi connectivity index (χ0v) is 6.03. The van der Waals surface area contributed by atoms with Gasteiger partial charge in [0.1, 0.15) is 5.78 Å². The number of rotatable bonds is 1. The van der Waals surface area contributed by atoms with Gasteiger partial charge in [0.25, 0.3) is 0 Å². The third-order valence-electron chi connectivity index (χ3n) is 1.43. The summed E-state index contributed by atoms with van der Waals surface area (Å²) in [6, 6.07) is 0. The Bertz CT molecular complexity index is 153. The largest absolute Gasteiger partial charge is 0.299 e. The summed E-state index contributed by atoms with van der Waals surface area (Å²) in [7, 11) is 0. The van der Waals surface area contributed by atoms with Crippen LogP contribution in [0.5, 0.6) is 0 Å². The van der Waals surface area contributed by atoms with Crippen LogP contribution < -0.4 is 0 Å². The van der Waals surface area contributed by atoms with E-state index in [2.05, 4.69) is 0 Å². The van der Waals surface area contributed by atoms with Gasteiger partial charge in [-0.25, -0.2) is 0 Å². The molecule has 0 spiro atoms. The Morgan fingerprint density at radius 2 is 2.22 bits per heavy atom. The van der Waals surface area contributed by atoms with Crippen molar-refractivity contribution in [3.8, 4) is 0 Å². The summed E-state index contributed by atoms with van der Waals surface area (Å²) in [5.74, 6) is 0.201. The highest BCUT2D eigenvalue weighted by molar-refractivity contribution is 8.00. The standard InChI is InChI=1S/C6H8O2S/c1-9-6-3-4(7)2-5(6)8/h6H,2-3H2,1H3. The first-order chi connectivity index (χ1) is 4.24. The van der Waals surface area contributed by atoms with Crippen LogP contribution in [-0.2, 0) is 9.59 Å². The molecular weight excluding hydrogens is 136 g/mol. The quantitative estimate of drug-likeness (QED) is 0.507. The van der Waals surface area contributed by atoms with Crippen molar-refractivity contribution in [2.45, 2.75) is 18.1 Å². The fraction of sp³-hybridized carbons (Fsp3) is 0.667. The van der Waals surface area contributed by atoms with E-state index < -0.39 is 0 Å². The van der Waals surface area contributed by atoms with Crippen molar-refractivity contribution in [1.29, 1.82) is 0 Å². The Labute approximate surface area is 58.0 Å². The molecule has 1 aliphatic rings. The molecule has 3 heteroatoms. The molecule has 0 bridgehead atoms. The fourth-order valence-corrected chi connectivity index (χ4v) is 1.61. The van der Waals surface area contributed by atoms with Crippen LogP contribution in [-0.4, -0.2) is 23.1 Å². The fourth-order valence-electron chi connectivity index (χ4n) is 0.916. The molecule has 1 saturated carbocycles. The van der Waals surface area contributed by atoms with Crippen LogP contribution in [0.3, 0.4) is 0 Å². The lowest BCUT2D eigenvalue weighted by Gasteiger charge is -1.97. The summed E-state index contributed by atoms with van der Waals surface area (Å²) in [6.45, 7) is 0. The summed E-state index contributed by atoms with van der Waals surface area (Å²) >= 11 is 1.47. The van der Waals surface area contributed by atoms with E-state index in [1.165, 1.54) is 11.8 Å². The minimum absolute atomic E-state index is 0.0301. The van der Waals surface area contributed by atoms with E-state index in [0.29, 0.717) is 6.42 Å². The zero-order valence-electron chi connectivity index (χ0n) is 5.22. The summed E-state index contributed by atoms with van der Waals surface area (Å²) in [4.78, 5) is 21.4. The average Bonchev–Trinajstić information content (AvgIpc) is 2.10. The molecule has 1 unspecified atom stereocenters. The molecule has 9 heavy (non-hydrogen) atoms. The molecule has 0 heterocycles. The van der Waals surface area contributed by atoms with E-state index in [1.807, 2.05) is 6.26 Å². The van der Waals surface area contributed by atoms with E-state index in [4.69, 9.17) is 0 Å². The SMILES string of the molecule is CSC1CC(=O)CC1=O. The number of ketones is 2. The average molecular weight is 144 g/mol. The van der Waals surface area contributed by atoms with Gasteiger partial charge in [-0.1, -0.05) is 0 Å². The first-order valence-corrected chi connectivity index (χ1v) is 4.10. The molecule has 1 aliphatic carbocycles. The van der Waals surface area contributed by atoms with E-state index in [0.717, 1.165) is 0 Å². The molecule has 0 aromatic heterocycles. The first kappa shape index (κ1) is 6.81. The Morgan fingerprint density at radius 1 is 1.56 bits per heavy atom. The van der Waals surface area contributed by atoms with Crippen molar-refractivity contribution in [2.24, 2.45) is 0 Å². The van der Waals surface area contributed by atoms with Crippen molar-refractivity contribution in [3.63, 3.8) is 0 Å². The smallest absolute Gasteiger partial charge is 0.153 e. The van der Waals surface area contributed by atoms with Gasteiger partial charge in [-0.3, -0.25) is 9.59 Å². The van der Waals surface area contributed by atoms with Gasteiger partial charge in [0.2, 0.25) is 0 Å². The van der Waals surface area contributed by atoms with Gasteiger partial charge in [-0.05, 0) is 6.26 Å². The van der Waals surface area contributed by atoms with Crippen LogP contribution in [0, 0.1) is 0 Å². The predicted octanol–water partition coefficient (Wildman–Crippen LogP) is 0.650. The molecule has 0 radical (unpaired) electrons. The van der Waals surface area contributed by atoms with Crippen molar-refractivity contribution in [3.05, 3.63) is 0 Å². The Morgan fingerprint density at radius 3 is 2.44 bits per heavy atom. The Balaban J connectivity index is 2.58. The second-order valence-electron chi connectivity index (χ2n) is 2.11. The third-order valence-corrected chi connectivity index (χ3v) is 2.43. The molecule has 50 valence electrons. The van der Waals surface area contributed by atoms with Gasteiger partial charge in [0.05, 0.1) is 11.7 Å². The van der Waals surface area contributed by atoms with Gasteiger partial charge in [-0.15, -0.1) is 0 Å². The molecule has 0 aromatic carbocycles. The van der Waals surface area contributed by atoms with Crippen LogP contribution in [0.2, 0.25) is 0 Å². The highest BCUT2D eigenvalue weighted by atomic mass is 32.2. The molecule has 0 amide bonds. The van der Waals surface area contributed by atoms with Crippen LogP contribution in [0.25, 0.3) is 0 Å². The Hall–Kier alpha value is -0.310. The maximum atomic E-state index is 10.8. The lowest BCUT2D eigenvalue weighted by atomic mass is 10.3. The van der Waals surface area contributed by atoms with Crippen LogP contribution in [0.1, 0.15) is 12.8 Å². The molecule has 0 N–H and O–H groups in total. The molecular formula is C6H8O2S. The van der Waals surface area contributed by atoms with E-state index >= 15 is 0 Å². The lowest BCUT2D eigenvalue weighted by molar-refractivity contribution is -0.121. The van der Waals surface area contributed by atoms with Gasteiger partial charge in [0.15, 0.2) is 5.78 Å². The first-order valence-electron chi connectivity index (χ1n) is 2.81. The lowest BCUT2D eigenvalue weighted by Crippen LogP contribution is -2.06. The number of hydrogen-bond donors (Lipinski definition) is 0. The molecule has 1 rings (SSSR count). The topological polar surface area (TPSA) is 34.1 Å². The summed E-state index contributed by atoms with van der Waals surface area (Å²) < 4.78 is 0. The monoisotopic (exact) mass is 144 g/mol. The third kappa shape index (κ3) is 1.33. The van der Waals surface area contributed by atoms with Gasteiger partial charge < -0.3 is 0 Å². The van der Waals surface area contributed by atoms with Crippen molar-refractivity contribution < 1.29 is 9.59 Å². The summed E-state index contributed by atoms with van der Waals surface area (Å²) in [6.07, 6.45) is 2.49. The number of carbonyl (C=O) groups excluding carboxylic acids is 2. The molecule has 1 atom stereocenters. The Kier molecular flexibility index (Phi) is 1.90. The normalized spacial score (nSPS) is 27.4. The summed E-state index contributed by atoms with van der Waals surface area (Å²) in [5.41, 5.74) is 0. The van der Waals surface area contributed by atoms with Crippen molar-refractivity contribution in [2.75, 3.05) is 6.26 Å². The second kappa shape index (κ2) is 2.52. The van der Waals surface area contributed by atoms with Gasteiger partial charge in [-0.2, -0.15) is 11.8 Å². The summed E-state index contributed by atoms with van der Waals surface area (Å²) in [5, 5.41) is -0.0301. The molecule has 0 aromatic rings. The van der Waals surface area contributed by atoms with Gasteiger partial charge >= 0.3 is 0 Å². The zero-order chi connectivity index (χ0) is 6.85. The predicted molar refractivity (Wildman–Crippen MR) is 36.6 cm³/mol. The van der Waals surface area contributed by atoms with Crippen molar-refractivity contribution >= 4 is 23.3 Å². The van der Waals surface area contributed by atoms with Crippen LogP contribution in [0.15, 0.2) is 0 Å². The molecule has 2 nitrogen and oxygen atoms in total. The van der Waals surface area contributed by atoms with Gasteiger partial charge in [0, 0.05) is 6.42 Å². The van der Waals surface area contributed by atoms with Crippen molar-refractivity contribution in [1.82, 2.24) is 0 Å². The number of hydrogen-bond acceptors (Lipinski definition) is 3. The molecule has 0 aliphatic heterocycles. The highest BCUT2D eigenvalue weighted by Crippen LogP contribution is 2.21. The minimum atomic E-state index is -0.0301.